The first kappa shape index (κ1) is 21.2. The van der Waals surface area contributed by atoms with Crippen molar-refractivity contribution < 1.29 is 13.9 Å². The molecule has 2 saturated heterocycles. The van der Waals surface area contributed by atoms with Crippen LogP contribution in [0.3, 0.4) is 0 Å². The standard InChI is InChI=1S/C24H26ClFN4O2/c1-15-12-22-21(13-20(15)25)28-24(30(22)19-4-2-17(26)3-5-19)29-9-6-16(7-10-29)23(31)27-18-8-11-32-14-18/h2-5,12-13,16,18H,6-11,14H2,1H3,(H,27,31). The van der Waals surface area contributed by atoms with Gasteiger partial charge in [0.15, 0.2) is 0 Å². The quantitative estimate of drug-likeness (QED) is 0.637. The summed E-state index contributed by atoms with van der Waals surface area (Å²) >= 11 is 6.36. The molecule has 0 bridgehead atoms. The van der Waals surface area contributed by atoms with Gasteiger partial charge >= 0.3 is 0 Å². The van der Waals surface area contributed by atoms with Gasteiger partial charge in [-0.15, -0.1) is 0 Å². The van der Waals surface area contributed by atoms with Crippen LogP contribution >= 0.6 is 11.6 Å². The maximum absolute atomic E-state index is 13.6. The van der Waals surface area contributed by atoms with Crippen LogP contribution in [0.15, 0.2) is 36.4 Å². The van der Waals surface area contributed by atoms with Crippen molar-refractivity contribution in [3.05, 3.63) is 52.8 Å². The normalized spacial score (nSPS) is 19.6. The Labute approximate surface area is 191 Å². The molecule has 2 aliphatic rings. The fourth-order valence-electron chi connectivity index (χ4n) is 4.56. The van der Waals surface area contributed by atoms with Crippen molar-refractivity contribution in [1.29, 1.82) is 0 Å². The molecule has 8 heteroatoms. The van der Waals surface area contributed by atoms with Crippen LogP contribution in [0.2, 0.25) is 5.02 Å². The molecule has 0 aliphatic carbocycles. The van der Waals surface area contributed by atoms with E-state index in [1.807, 2.05) is 23.6 Å². The van der Waals surface area contributed by atoms with Crippen LogP contribution in [0.4, 0.5) is 10.3 Å². The minimum atomic E-state index is -0.279. The highest BCUT2D eigenvalue weighted by molar-refractivity contribution is 6.32. The Morgan fingerprint density at radius 2 is 1.94 bits per heavy atom. The Morgan fingerprint density at radius 3 is 2.62 bits per heavy atom. The number of halogens is 2. The molecule has 1 amide bonds. The molecule has 3 aromatic rings. The summed E-state index contributed by atoms with van der Waals surface area (Å²) < 4.78 is 21.0. The van der Waals surface area contributed by atoms with Gasteiger partial charge in [0.25, 0.3) is 0 Å². The Balaban J connectivity index is 1.42. The zero-order valence-corrected chi connectivity index (χ0v) is 18.7. The van der Waals surface area contributed by atoms with Crippen LogP contribution < -0.4 is 10.2 Å². The molecular weight excluding hydrogens is 431 g/mol. The van der Waals surface area contributed by atoms with Gasteiger partial charge in [-0.2, -0.15) is 0 Å². The van der Waals surface area contributed by atoms with Crippen LogP contribution in [0, 0.1) is 18.7 Å². The number of anilines is 1. The predicted molar refractivity (Wildman–Crippen MR) is 123 cm³/mol. The van der Waals surface area contributed by atoms with Gasteiger partial charge in [-0.3, -0.25) is 9.36 Å². The van der Waals surface area contributed by atoms with Crippen molar-refractivity contribution in [2.75, 3.05) is 31.2 Å². The van der Waals surface area contributed by atoms with E-state index in [9.17, 15) is 9.18 Å². The van der Waals surface area contributed by atoms with E-state index < -0.39 is 0 Å². The minimum Gasteiger partial charge on any atom is -0.379 e. The molecule has 2 aromatic carbocycles. The lowest BCUT2D eigenvalue weighted by atomic mass is 9.95. The topological polar surface area (TPSA) is 59.4 Å². The van der Waals surface area contributed by atoms with Crippen molar-refractivity contribution in [3.63, 3.8) is 0 Å². The van der Waals surface area contributed by atoms with Crippen molar-refractivity contribution >= 4 is 34.5 Å². The van der Waals surface area contributed by atoms with Gasteiger partial charge in [0.05, 0.1) is 23.7 Å². The first-order valence-electron chi connectivity index (χ1n) is 11.1. The first-order valence-corrected chi connectivity index (χ1v) is 11.4. The Bertz CT molecular complexity index is 1130. The number of piperidine rings is 1. The van der Waals surface area contributed by atoms with E-state index in [-0.39, 0.29) is 23.7 Å². The van der Waals surface area contributed by atoms with Gasteiger partial charge in [-0.25, -0.2) is 9.37 Å². The summed E-state index contributed by atoms with van der Waals surface area (Å²) in [6.07, 6.45) is 2.39. The highest BCUT2D eigenvalue weighted by atomic mass is 35.5. The van der Waals surface area contributed by atoms with E-state index in [1.54, 1.807) is 12.1 Å². The number of fused-ring (bicyclic) bond motifs is 1. The molecule has 6 nitrogen and oxygen atoms in total. The second-order valence-corrected chi connectivity index (χ2v) is 9.05. The fraction of sp³-hybridized carbons (Fsp3) is 0.417. The zero-order chi connectivity index (χ0) is 22.2. The lowest BCUT2D eigenvalue weighted by Crippen LogP contribution is -2.44. The van der Waals surface area contributed by atoms with Gasteiger partial charge in [0, 0.05) is 36.3 Å². The molecule has 3 heterocycles. The lowest BCUT2D eigenvalue weighted by Gasteiger charge is -2.32. The number of benzene rings is 2. The van der Waals surface area contributed by atoms with E-state index in [1.165, 1.54) is 12.1 Å². The van der Waals surface area contributed by atoms with E-state index in [4.69, 9.17) is 21.3 Å². The van der Waals surface area contributed by atoms with Crippen LogP contribution in [-0.4, -0.2) is 47.8 Å². The van der Waals surface area contributed by atoms with Gasteiger partial charge < -0.3 is 15.0 Å². The second kappa shape index (κ2) is 8.71. The van der Waals surface area contributed by atoms with Crippen LogP contribution in [-0.2, 0) is 9.53 Å². The van der Waals surface area contributed by atoms with E-state index in [0.717, 1.165) is 60.6 Å². The number of amides is 1. The fourth-order valence-corrected chi connectivity index (χ4v) is 4.71. The smallest absolute Gasteiger partial charge is 0.223 e. The van der Waals surface area contributed by atoms with Crippen LogP contribution in [0.1, 0.15) is 24.8 Å². The SMILES string of the molecule is Cc1cc2c(cc1Cl)nc(N1CCC(C(=O)NC3CCOC3)CC1)n2-c1ccc(F)cc1. The van der Waals surface area contributed by atoms with Crippen LogP contribution in [0.5, 0.6) is 0 Å². The largest absolute Gasteiger partial charge is 0.379 e. The maximum Gasteiger partial charge on any atom is 0.223 e. The molecule has 0 spiro atoms. The van der Waals surface area contributed by atoms with Crippen molar-refractivity contribution in [3.8, 4) is 5.69 Å². The summed E-state index contributed by atoms with van der Waals surface area (Å²) in [4.78, 5) is 19.8. The number of hydrogen-bond donors (Lipinski definition) is 1. The average molecular weight is 457 g/mol. The molecule has 1 N–H and O–H groups in total. The number of carbonyl (C=O) groups is 1. The summed E-state index contributed by atoms with van der Waals surface area (Å²) in [5, 5.41) is 3.79. The summed E-state index contributed by atoms with van der Waals surface area (Å²) in [6.45, 7) is 4.72. The molecule has 1 unspecified atom stereocenters. The molecule has 1 atom stereocenters. The van der Waals surface area contributed by atoms with E-state index in [2.05, 4.69) is 10.2 Å². The maximum atomic E-state index is 13.6. The molecule has 32 heavy (non-hydrogen) atoms. The Kier molecular flexibility index (Phi) is 5.78. The molecule has 2 aliphatic heterocycles. The van der Waals surface area contributed by atoms with Gasteiger partial charge in [-0.05, 0) is 68.1 Å². The van der Waals surface area contributed by atoms with E-state index in [0.29, 0.717) is 18.2 Å². The predicted octanol–water partition coefficient (Wildman–Crippen LogP) is 4.25. The summed E-state index contributed by atoms with van der Waals surface area (Å²) in [6, 6.07) is 10.5. The number of nitrogens with zero attached hydrogens (tertiary/aromatic N) is 3. The number of aryl methyl sites for hydroxylation is 1. The van der Waals surface area contributed by atoms with E-state index >= 15 is 0 Å². The van der Waals surface area contributed by atoms with Crippen molar-refractivity contribution in [1.82, 2.24) is 14.9 Å². The van der Waals surface area contributed by atoms with Gasteiger partial charge in [0.1, 0.15) is 5.82 Å². The monoisotopic (exact) mass is 456 g/mol. The Morgan fingerprint density at radius 1 is 1.19 bits per heavy atom. The third kappa shape index (κ3) is 4.07. The minimum absolute atomic E-state index is 0.00723. The highest BCUT2D eigenvalue weighted by Crippen LogP contribution is 2.33. The third-order valence-electron chi connectivity index (χ3n) is 6.43. The molecule has 0 saturated carbocycles. The molecule has 168 valence electrons. The summed E-state index contributed by atoms with van der Waals surface area (Å²) in [7, 11) is 0. The number of hydrogen-bond acceptors (Lipinski definition) is 4. The van der Waals surface area contributed by atoms with Gasteiger partial charge in [-0.1, -0.05) is 11.6 Å². The number of ether oxygens (including phenoxy) is 1. The molecule has 0 radical (unpaired) electrons. The number of imidazole rings is 1. The third-order valence-corrected chi connectivity index (χ3v) is 6.83. The summed E-state index contributed by atoms with van der Waals surface area (Å²) in [5.74, 6) is 0.622. The molecular formula is C24H26ClFN4O2. The number of carbonyl (C=O) groups excluding carboxylic acids is 1. The van der Waals surface area contributed by atoms with Crippen molar-refractivity contribution in [2.24, 2.45) is 5.92 Å². The van der Waals surface area contributed by atoms with Gasteiger partial charge in [0.2, 0.25) is 11.9 Å². The second-order valence-electron chi connectivity index (χ2n) is 8.64. The molecule has 1 aromatic heterocycles. The average Bonchev–Trinajstić information content (AvgIpc) is 3.43. The Hall–Kier alpha value is -2.64. The first-order chi connectivity index (χ1) is 15.5. The van der Waals surface area contributed by atoms with Crippen molar-refractivity contribution in [2.45, 2.75) is 32.2 Å². The number of nitrogens with one attached hydrogen (secondary N) is 1. The lowest BCUT2D eigenvalue weighted by molar-refractivity contribution is -0.126. The summed E-state index contributed by atoms with van der Waals surface area (Å²) in [5.41, 5.74) is 3.52. The molecule has 2 fully saturated rings. The number of aromatic nitrogens is 2. The molecule has 5 rings (SSSR count). The zero-order valence-electron chi connectivity index (χ0n) is 18.0. The number of rotatable bonds is 4. The highest BCUT2D eigenvalue weighted by Gasteiger charge is 2.30. The van der Waals surface area contributed by atoms with Crippen LogP contribution in [0.25, 0.3) is 16.7 Å².